The molecule has 10 aromatic carbocycles. The Morgan fingerprint density at radius 1 is 0.369 bits per heavy atom. The van der Waals surface area contributed by atoms with Crippen molar-refractivity contribution in [3.05, 3.63) is 241 Å². The first-order chi connectivity index (χ1) is 31.8. The zero-order valence-electron chi connectivity index (χ0n) is 37.2. The molecule has 1 aromatic heterocycles. The highest BCUT2D eigenvalue weighted by Crippen LogP contribution is 2.50. The number of hydrogen-bond donors (Lipinski definition) is 0. The Kier molecular flexibility index (Phi) is 9.00. The van der Waals surface area contributed by atoms with Crippen molar-refractivity contribution in [2.24, 2.45) is 0 Å². The number of anilines is 3. The lowest BCUT2D eigenvalue weighted by Crippen LogP contribution is -2.15. The van der Waals surface area contributed by atoms with Crippen molar-refractivity contribution in [1.82, 2.24) is 4.57 Å². The third kappa shape index (κ3) is 6.48. The molecule has 2 heteroatoms. The van der Waals surface area contributed by atoms with Crippen LogP contribution in [0.4, 0.5) is 17.1 Å². The second-order valence-electron chi connectivity index (χ2n) is 18.4. The van der Waals surface area contributed by atoms with E-state index in [0.717, 1.165) is 22.7 Å². The van der Waals surface area contributed by atoms with E-state index in [1.54, 1.807) is 0 Å². The van der Waals surface area contributed by atoms with Gasteiger partial charge in [0.25, 0.3) is 0 Å². The maximum Gasteiger partial charge on any atom is 0.0547 e. The minimum atomic E-state index is -0.0471. The molecule has 0 saturated carbocycles. The molecular weight excluding hydrogens is 785 g/mol. The second-order valence-corrected chi connectivity index (χ2v) is 18.4. The fourth-order valence-electron chi connectivity index (χ4n) is 10.5. The van der Waals surface area contributed by atoms with Crippen molar-refractivity contribution in [2.45, 2.75) is 33.1 Å². The highest BCUT2D eigenvalue weighted by Gasteiger charge is 2.35. The van der Waals surface area contributed by atoms with Crippen molar-refractivity contribution in [3.8, 4) is 50.2 Å². The van der Waals surface area contributed by atoms with Gasteiger partial charge in [0.1, 0.15) is 0 Å². The molecule has 0 N–H and O–H groups in total. The van der Waals surface area contributed by atoms with Gasteiger partial charge in [0.15, 0.2) is 0 Å². The summed E-state index contributed by atoms with van der Waals surface area (Å²) >= 11 is 0. The van der Waals surface area contributed by atoms with Gasteiger partial charge in [0.05, 0.1) is 11.0 Å². The lowest BCUT2D eigenvalue weighted by Gasteiger charge is -2.26. The minimum absolute atomic E-state index is 0.0471. The molecule has 0 fully saturated rings. The van der Waals surface area contributed by atoms with E-state index in [2.05, 4.69) is 256 Å². The normalized spacial score (nSPS) is 12.7. The van der Waals surface area contributed by atoms with Gasteiger partial charge in [-0.1, -0.05) is 171 Å². The van der Waals surface area contributed by atoms with Crippen molar-refractivity contribution in [2.75, 3.05) is 4.90 Å². The van der Waals surface area contributed by atoms with Crippen molar-refractivity contribution in [3.63, 3.8) is 0 Å². The third-order valence-electron chi connectivity index (χ3n) is 13.9. The molecular formula is C63H48N2. The number of benzene rings is 10. The van der Waals surface area contributed by atoms with Crippen molar-refractivity contribution < 1.29 is 0 Å². The number of hydrogen-bond acceptors (Lipinski definition) is 1. The Bertz CT molecular complexity index is 3620. The summed E-state index contributed by atoms with van der Waals surface area (Å²) in [7, 11) is 0. The minimum Gasteiger partial charge on any atom is -0.311 e. The summed E-state index contributed by atoms with van der Waals surface area (Å²) in [5, 5.41) is 5.00. The summed E-state index contributed by atoms with van der Waals surface area (Å²) in [6, 6.07) is 80.9. The average molecular weight is 833 g/mol. The topological polar surface area (TPSA) is 8.17 Å². The number of fused-ring (bicyclic) bond motifs is 7. The number of nitrogens with zero attached hydrogens (tertiary/aromatic N) is 2. The van der Waals surface area contributed by atoms with E-state index in [9.17, 15) is 0 Å². The molecule has 0 atom stereocenters. The zero-order chi connectivity index (χ0) is 43.8. The van der Waals surface area contributed by atoms with Crippen LogP contribution in [0.5, 0.6) is 0 Å². The van der Waals surface area contributed by atoms with Crippen LogP contribution in [-0.2, 0) is 5.41 Å². The number of rotatable bonds is 7. The predicted molar refractivity (Wildman–Crippen MR) is 276 cm³/mol. The summed E-state index contributed by atoms with van der Waals surface area (Å²) < 4.78 is 2.43. The molecule has 0 amide bonds. The number of aromatic nitrogens is 1. The molecule has 12 rings (SSSR count). The molecule has 0 radical (unpaired) electrons. The SMILES string of the molecule is Cc1ccc(N(c2ccc(-c3ccc4c(c3)C(C)(C)c3cc(C)ccc3-4)cc2)c2ccc(-c3cccc4c3c3ccccc3n4-c3cccc(-c4ccc5ccccc5c4)c3)cc2)cc1. The lowest BCUT2D eigenvalue weighted by molar-refractivity contribution is 0.660. The molecule has 0 aliphatic heterocycles. The maximum atomic E-state index is 2.43. The second kappa shape index (κ2) is 15.1. The van der Waals surface area contributed by atoms with Gasteiger partial charge in [-0.3, -0.25) is 0 Å². The monoisotopic (exact) mass is 832 g/mol. The smallest absolute Gasteiger partial charge is 0.0547 e. The zero-order valence-corrected chi connectivity index (χ0v) is 37.2. The van der Waals surface area contributed by atoms with Gasteiger partial charge in [0.2, 0.25) is 0 Å². The van der Waals surface area contributed by atoms with Crippen LogP contribution < -0.4 is 4.90 Å². The summed E-state index contributed by atoms with van der Waals surface area (Å²) in [5.74, 6) is 0. The molecule has 310 valence electrons. The number of para-hydroxylation sites is 1. The Hall–Kier alpha value is -7.94. The quantitative estimate of drug-likeness (QED) is 0.155. The van der Waals surface area contributed by atoms with Gasteiger partial charge in [-0.2, -0.15) is 0 Å². The highest BCUT2D eigenvalue weighted by atomic mass is 15.1. The molecule has 1 aliphatic carbocycles. The highest BCUT2D eigenvalue weighted by molar-refractivity contribution is 6.16. The third-order valence-corrected chi connectivity index (χ3v) is 13.9. The van der Waals surface area contributed by atoms with E-state index in [0.29, 0.717) is 0 Å². The summed E-state index contributed by atoms with van der Waals surface area (Å²) in [6.45, 7) is 9.06. The van der Waals surface area contributed by atoms with E-state index < -0.39 is 0 Å². The summed E-state index contributed by atoms with van der Waals surface area (Å²) in [5.41, 5.74) is 22.2. The van der Waals surface area contributed by atoms with E-state index in [4.69, 9.17) is 0 Å². The molecule has 1 heterocycles. The van der Waals surface area contributed by atoms with E-state index in [1.165, 1.54) is 99.3 Å². The van der Waals surface area contributed by atoms with Crippen LogP contribution in [0.1, 0.15) is 36.1 Å². The predicted octanol–water partition coefficient (Wildman–Crippen LogP) is 17.3. The van der Waals surface area contributed by atoms with E-state index >= 15 is 0 Å². The molecule has 2 nitrogen and oxygen atoms in total. The van der Waals surface area contributed by atoms with Crippen LogP contribution in [0.2, 0.25) is 0 Å². The molecule has 0 unspecified atom stereocenters. The summed E-state index contributed by atoms with van der Waals surface area (Å²) in [4.78, 5) is 2.37. The Morgan fingerprint density at radius 2 is 0.923 bits per heavy atom. The average Bonchev–Trinajstić information content (AvgIpc) is 3.80. The van der Waals surface area contributed by atoms with Gasteiger partial charge < -0.3 is 9.47 Å². The van der Waals surface area contributed by atoms with Crippen molar-refractivity contribution in [1.29, 1.82) is 0 Å². The van der Waals surface area contributed by atoms with Crippen LogP contribution in [0.15, 0.2) is 218 Å². The number of aryl methyl sites for hydroxylation is 2. The summed E-state index contributed by atoms with van der Waals surface area (Å²) in [6.07, 6.45) is 0. The molecule has 0 bridgehead atoms. The maximum absolute atomic E-state index is 2.43. The molecule has 0 saturated heterocycles. The molecule has 0 spiro atoms. The van der Waals surface area contributed by atoms with Gasteiger partial charge in [-0.05, 0) is 153 Å². The first-order valence-corrected chi connectivity index (χ1v) is 22.7. The molecule has 1 aliphatic rings. The standard InChI is InChI=1S/C63H48N2/c1-41-19-29-50(30-20-41)64(51-31-24-44(25-32-51)49-28-36-56-55-35-21-42(2)37-58(55)63(3,4)59(56)40-49)52-33-26-45(27-34-52)54-16-10-18-61-62(54)57-15-7-8-17-60(57)65(61)53-14-9-13-47(39-53)48-23-22-43-11-5-6-12-46(43)38-48/h5-40H,1-4H3. The molecule has 11 aromatic rings. The first-order valence-electron chi connectivity index (χ1n) is 22.7. The van der Waals surface area contributed by atoms with Crippen LogP contribution >= 0.6 is 0 Å². The van der Waals surface area contributed by atoms with Gasteiger partial charge in [-0.25, -0.2) is 0 Å². The van der Waals surface area contributed by atoms with E-state index in [-0.39, 0.29) is 5.41 Å². The van der Waals surface area contributed by atoms with Gasteiger partial charge in [0, 0.05) is 38.9 Å². The van der Waals surface area contributed by atoms with Crippen LogP contribution in [-0.4, -0.2) is 4.57 Å². The van der Waals surface area contributed by atoms with Gasteiger partial charge >= 0.3 is 0 Å². The van der Waals surface area contributed by atoms with Crippen LogP contribution in [0.3, 0.4) is 0 Å². The van der Waals surface area contributed by atoms with Crippen LogP contribution in [0.25, 0.3) is 82.8 Å². The van der Waals surface area contributed by atoms with Gasteiger partial charge in [-0.15, -0.1) is 0 Å². The Morgan fingerprint density at radius 3 is 1.69 bits per heavy atom. The Labute approximate surface area is 381 Å². The fraction of sp³-hybridized carbons (Fsp3) is 0.0794. The fourth-order valence-corrected chi connectivity index (χ4v) is 10.5. The molecule has 65 heavy (non-hydrogen) atoms. The van der Waals surface area contributed by atoms with Crippen molar-refractivity contribution >= 4 is 49.6 Å². The lowest BCUT2D eigenvalue weighted by atomic mass is 9.81. The van der Waals surface area contributed by atoms with Crippen LogP contribution in [0, 0.1) is 13.8 Å². The largest absolute Gasteiger partial charge is 0.311 e. The van der Waals surface area contributed by atoms with E-state index in [1.807, 2.05) is 0 Å². The Balaban J connectivity index is 0.905. The first kappa shape index (κ1) is 38.7.